The van der Waals surface area contributed by atoms with Gasteiger partial charge in [-0.25, -0.2) is 9.78 Å². The van der Waals surface area contributed by atoms with Gasteiger partial charge in [0.1, 0.15) is 11.7 Å². The average Bonchev–Trinajstić information content (AvgIpc) is 2.66. The lowest BCUT2D eigenvalue weighted by atomic mass is 9.71. The molecule has 4 heteroatoms. The largest absolute Gasteiger partial charge is 0.469 e. The zero-order chi connectivity index (χ0) is 21.7. The van der Waals surface area contributed by atoms with E-state index in [-0.39, 0.29) is 23.6 Å². The third-order valence-electron chi connectivity index (χ3n) is 7.08. The van der Waals surface area contributed by atoms with E-state index in [1.54, 1.807) is 11.1 Å². The summed E-state index contributed by atoms with van der Waals surface area (Å²) in [5, 5.41) is 0. The average molecular weight is 407 g/mol. The molecule has 0 saturated carbocycles. The maximum absolute atomic E-state index is 11.7. The maximum Gasteiger partial charge on any atom is 0.311 e. The molecule has 0 bridgehead atoms. The Hall–Kier alpha value is -1.13. The van der Waals surface area contributed by atoms with Gasteiger partial charge in [-0.15, -0.1) is 0 Å². The summed E-state index contributed by atoms with van der Waals surface area (Å²) in [6.45, 7) is 13.3. The standard InChI is InChI=1S/C25H42O4/c1-18(12-13-21-19(2)11-9-15-24(21,4)5)10-8-16-25(6)17-14-22(28-29-25)20(3)23(26)27-7/h12,20,22H,8-11,13-17H2,1-7H3/b18-12+/t20-,22+,25-/m0/s1. The summed E-state index contributed by atoms with van der Waals surface area (Å²) in [6, 6.07) is 0. The van der Waals surface area contributed by atoms with Gasteiger partial charge in [-0.05, 0) is 90.9 Å². The number of hydrogen-bond donors (Lipinski definition) is 0. The molecule has 1 heterocycles. The molecule has 1 aliphatic heterocycles. The van der Waals surface area contributed by atoms with Crippen molar-refractivity contribution >= 4 is 5.97 Å². The number of ether oxygens (including phenoxy) is 1. The van der Waals surface area contributed by atoms with Crippen molar-refractivity contribution in [2.24, 2.45) is 11.3 Å². The predicted octanol–water partition coefficient (Wildman–Crippen LogP) is 6.70. The van der Waals surface area contributed by atoms with Gasteiger partial charge < -0.3 is 4.74 Å². The lowest BCUT2D eigenvalue weighted by molar-refractivity contribution is -0.411. The first-order chi connectivity index (χ1) is 13.6. The van der Waals surface area contributed by atoms with Gasteiger partial charge in [0, 0.05) is 0 Å². The molecule has 166 valence electrons. The van der Waals surface area contributed by atoms with Crippen LogP contribution in [0.2, 0.25) is 0 Å². The molecule has 0 spiro atoms. The van der Waals surface area contributed by atoms with Gasteiger partial charge in [0.05, 0.1) is 13.0 Å². The van der Waals surface area contributed by atoms with Crippen LogP contribution in [-0.4, -0.2) is 24.8 Å². The first-order valence-electron chi connectivity index (χ1n) is 11.3. The topological polar surface area (TPSA) is 44.8 Å². The number of esters is 1. The van der Waals surface area contributed by atoms with E-state index in [2.05, 4.69) is 40.7 Å². The Morgan fingerprint density at radius 3 is 2.62 bits per heavy atom. The molecule has 2 aliphatic rings. The summed E-state index contributed by atoms with van der Waals surface area (Å²) in [4.78, 5) is 23.0. The molecule has 0 radical (unpaired) electrons. The molecular formula is C25H42O4. The zero-order valence-electron chi connectivity index (χ0n) is 19.7. The number of carbonyl (C=O) groups excluding carboxylic acids is 1. The smallest absolute Gasteiger partial charge is 0.311 e. The monoisotopic (exact) mass is 406 g/mol. The van der Waals surface area contributed by atoms with Crippen molar-refractivity contribution in [3.63, 3.8) is 0 Å². The summed E-state index contributed by atoms with van der Waals surface area (Å²) in [5.74, 6) is -0.536. The van der Waals surface area contributed by atoms with E-state index >= 15 is 0 Å². The van der Waals surface area contributed by atoms with E-state index in [1.807, 2.05) is 6.92 Å². The summed E-state index contributed by atoms with van der Waals surface area (Å²) in [5.41, 5.74) is 4.78. The highest BCUT2D eigenvalue weighted by Crippen LogP contribution is 2.42. The number of allylic oxidation sites excluding steroid dienone is 4. The van der Waals surface area contributed by atoms with Crippen LogP contribution in [0.15, 0.2) is 22.8 Å². The molecule has 1 saturated heterocycles. The van der Waals surface area contributed by atoms with E-state index in [4.69, 9.17) is 14.5 Å². The molecule has 0 amide bonds. The van der Waals surface area contributed by atoms with Gasteiger partial charge in [0.2, 0.25) is 0 Å². The third-order valence-corrected chi connectivity index (χ3v) is 7.08. The van der Waals surface area contributed by atoms with Crippen molar-refractivity contribution in [3.8, 4) is 0 Å². The van der Waals surface area contributed by atoms with Crippen molar-refractivity contribution < 1.29 is 19.3 Å². The van der Waals surface area contributed by atoms with Crippen LogP contribution in [0.5, 0.6) is 0 Å². The molecule has 29 heavy (non-hydrogen) atoms. The maximum atomic E-state index is 11.7. The van der Waals surface area contributed by atoms with E-state index < -0.39 is 0 Å². The SMILES string of the molecule is COC(=O)[C@@H](C)[C@H]1CC[C@](C)(CCC/C(C)=C/CC2=C(C)CCCC2(C)C)OO1. The fraction of sp³-hybridized carbons (Fsp3) is 0.800. The number of hydrogen-bond acceptors (Lipinski definition) is 4. The Kier molecular flexibility index (Phi) is 8.54. The van der Waals surface area contributed by atoms with Crippen LogP contribution in [0.25, 0.3) is 0 Å². The molecule has 0 N–H and O–H groups in total. The van der Waals surface area contributed by atoms with Gasteiger partial charge >= 0.3 is 5.97 Å². The van der Waals surface area contributed by atoms with Gasteiger partial charge in [0.25, 0.3) is 0 Å². The van der Waals surface area contributed by atoms with Gasteiger partial charge in [0.15, 0.2) is 0 Å². The second kappa shape index (κ2) is 10.3. The second-order valence-corrected chi connectivity index (χ2v) is 10.1. The van der Waals surface area contributed by atoms with E-state index in [9.17, 15) is 4.79 Å². The minimum Gasteiger partial charge on any atom is -0.469 e. The molecular weight excluding hydrogens is 364 g/mol. The molecule has 0 aromatic carbocycles. The van der Waals surface area contributed by atoms with Crippen molar-refractivity contribution in [2.75, 3.05) is 7.11 Å². The lowest BCUT2D eigenvalue weighted by Crippen LogP contribution is -2.41. The molecule has 1 aliphatic carbocycles. The van der Waals surface area contributed by atoms with Crippen LogP contribution < -0.4 is 0 Å². The Bertz CT molecular complexity index is 621. The highest BCUT2D eigenvalue weighted by atomic mass is 17.2. The number of carbonyl (C=O) groups is 1. The Labute approximate surface area is 178 Å². The van der Waals surface area contributed by atoms with Crippen molar-refractivity contribution in [2.45, 2.75) is 111 Å². The first kappa shape index (κ1) is 24.1. The molecule has 0 aromatic heterocycles. The van der Waals surface area contributed by atoms with Crippen molar-refractivity contribution in [1.29, 1.82) is 0 Å². The summed E-state index contributed by atoms with van der Waals surface area (Å²) < 4.78 is 4.81. The lowest BCUT2D eigenvalue weighted by Gasteiger charge is -2.37. The molecule has 4 nitrogen and oxygen atoms in total. The fourth-order valence-corrected chi connectivity index (χ4v) is 4.80. The van der Waals surface area contributed by atoms with Crippen LogP contribution >= 0.6 is 0 Å². The normalized spacial score (nSPS) is 28.9. The van der Waals surface area contributed by atoms with Crippen molar-refractivity contribution in [1.82, 2.24) is 0 Å². The minimum absolute atomic E-state index is 0.215. The summed E-state index contributed by atoms with van der Waals surface area (Å²) >= 11 is 0. The molecule has 2 rings (SSSR count). The third kappa shape index (κ3) is 6.68. The van der Waals surface area contributed by atoms with E-state index in [0.717, 1.165) is 38.5 Å². The Morgan fingerprint density at radius 2 is 2.03 bits per heavy atom. The number of methoxy groups -OCH3 is 1. The minimum atomic E-state index is -0.295. The molecule has 1 fully saturated rings. The van der Waals surface area contributed by atoms with Crippen LogP contribution in [0.3, 0.4) is 0 Å². The van der Waals surface area contributed by atoms with E-state index in [0.29, 0.717) is 5.41 Å². The molecule has 3 atom stereocenters. The number of rotatable bonds is 8. The van der Waals surface area contributed by atoms with Crippen LogP contribution in [0, 0.1) is 11.3 Å². The van der Waals surface area contributed by atoms with Gasteiger partial charge in [-0.3, -0.25) is 4.79 Å². The zero-order valence-corrected chi connectivity index (χ0v) is 19.7. The summed E-state index contributed by atoms with van der Waals surface area (Å²) in [7, 11) is 1.41. The highest BCUT2D eigenvalue weighted by molar-refractivity contribution is 5.72. The van der Waals surface area contributed by atoms with Gasteiger partial charge in [-0.1, -0.05) is 36.6 Å². The first-order valence-corrected chi connectivity index (χ1v) is 11.3. The van der Waals surface area contributed by atoms with Crippen LogP contribution in [0.4, 0.5) is 0 Å². The highest BCUT2D eigenvalue weighted by Gasteiger charge is 2.37. The van der Waals surface area contributed by atoms with Crippen LogP contribution in [0.1, 0.15) is 99.3 Å². The second-order valence-electron chi connectivity index (χ2n) is 10.1. The Balaban J connectivity index is 1.78. The predicted molar refractivity (Wildman–Crippen MR) is 117 cm³/mol. The summed E-state index contributed by atoms with van der Waals surface area (Å²) in [6.07, 6.45) is 12.1. The quantitative estimate of drug-likeness (QED) is 0.256. The molecule has 0 aromatic rings. The Morgan fingerprint density at radius 1 is 1.31 bits per heavy atom. The van der Waals surface area contributed by atoms with E-state index in [1.165, 1.54) is 31.9 Å². The van der Waals surface area contributed by atoms with Crippen LogP contribution in [-0.2, 0) is 19.3 Å². The molecule has 0 unspecified atom stereocenters. The van der Waals surface area contributed by atoms with Gasteiger partial charge in [-0.2, -0.15) is 0 Å². The van der Waals surface area contributed by atoms with Crippen molar-refractivity contribution in [3.05, 3.63) is 22.8 Å². The fourth-order valence-electron chi connectivity index (χ4n) is 4.80.